The Bertz CT molecular complexity index is 175. The second kappa shape index (κ2) is 5.31. The van der Waals surface area contributed by atoms with Gasteiger partial charge in [0.2, 0.25) is 0 Å². The van der Waals surface area contributed by atoms with E-state index < -0.39 is 0 Å². The lowest BCUT2D eigenvalue weighted by atomic mass is 9.80. The van der Waals surface area contributed by atoms with Crippen LogP contribution in [0.3, 0.4) is 0 Å². The van der Waals surface area contributed by atoms with E-state index in [1.165, 1.54) is 32.1 Å². The molecule has 0 bridgehead atoms. The summed E-state index contributed by atoms with van der Waals surface area (Å²) in [5, 5.41) is 3.52. The number of rotatable bonds is 4. The van der Waals surface area contributed by atoms with Gasteiger partial charge in [0.1, 0.15) is 0 Å². The first-order valence-electron chi connectivity index (χ1n) is 6.41. The van der Waals surface area contributed by atoms with Gasteiger partial charge in [-0.25, -0.2) is 0 Å². The van der Waals surface area contributed by atoms with E-state index in [0.717, 1.165) is 19.5 Å². The third-order valence-corrected chi connectivity index (χ3v) is 3.30. The molecule has 0 atom stereocenters. The molecule has 1 aliphatic carbocycles. The molecule has 2 nitrogen and oxygen atoms in total. The molecule has 1 rings (SSSR count). The molecule has 0 radical (unpaired) electrons. The van der Waals surface area contributed by atoms with E-state index in [2.05, 4.69) is 26.1 Å². The Hall–Kier alpha value is -0.0800. The maximum Gasteiger partial charge on any atom is 0.0166 e. The Labute approximate surface area is 95.0 Å². The first-order chi connectivity index (χ1) is 6.91. The number of nitrogens with one attached hydrogen (secondary N) is 1. The summed E-state index contributed by atoms with van der Waals surface area (Å²) >= 11 is 0. The van der Waals surface area contributed by atoms with Crippen LogP contribution in [0.25, 0.3) is 0 Å². The lowest BCUT2D eigenvalue weighted by molar-refractivity contribution is 0.268. The predicted octanol–water partition coefficient (Wildman–Crippen LogP) is 2.67. The molecule has 0 aromatic rings. The van der Waals surface area contributed by atoms with Crippen molar-refractivity contribution in [2.24, 2.45) is 11.1 Å². The van der Waals surface area contributed by atoms with E-state index in [4.69, 9.17) is 5.73 Å². The zero-order valence-corrected chi connectivity index (χ0v) is 10.7. The minimum Gasteiger partial charge on any atom is -0.325 e. The van der Waals surface area contributed by atoms with Gasteiger partial charge >= 0.3 is 0 Å². The highest BCUT2D eigenvalue weighted by molar-refractivity contribution is 4.87. The van der Waals surface area contributed by atoms with Crippen LogP contribution in [0.4, 0.5) is 0 Å². The van der Waals surface area contributed by atoms with Crippen molar-refractivity contribution in [1.82, 2.24) is 5.32 Å². The molecule has 3 N–H and O–H groups in total. The molecule has 2 heteroatoms. The van der Waals surface area contributed by atoms with Crippen molar-refractivity contribution in [3.8, 4) is 0 Å². The Balaban J connectivity index is 2.13. The van der Waals surface area contributed by atoms with Crippen LogP contribution in [0.5, 0.6) is 0 Å². The molecular formula is C13H28N2. The fourth-order valence-corrected chi connectivity index (χ4v) is 2.31. The Kier molecular flexibility index (Phi) is 4.60. The monoisotopic (exact) mass is 212 g/mol. The summed E-state index contributed by atoms with van der Waals surface area (Å²) in [6.45, 7) is 8.95. The minimum atomic E-state index is 0.142. The summed E-state index contributed by atoms with van der Waals surface area (Å²) in [5.74, 6) is 0. The molecule has 15 heavy (non-hydrogen) atoms. The van der Waals surface area contributed by atoms with E-state index >= 15 is 0 Å². The van der Waals surface area contributed by atoms with Crippen molar-refractivity contribution >= 4 is 0 Å². The van der Waals surface area contributed by atoms with Gasteiger partial charge in [-0.2, -0.15) is 0 Å². The molecule has 0 amide bonds. The van der Waals surface area contributed by atoms with E-state index in [0.29, 0.717) is 5.41 Å². The van der Waals surface area contributed by atoms with Crippen LogP contribution in [0, 0.1) is 5.41 Å². The molecule has 0 aromatic heterocycles. The van der Waals surface area contributed by atoms with Gasteiger partial charge < -0.3 is 11.1 Å². The molecule has 0 saturated heterocycles. The zero-order valence-electron chi connectivity index (χ0n) is 10.7. The van der Waals surface area contributed by atoms with Crippen molar-refractivity contribution in [2.75, 3.05) is 13.1 Å². The lowest BCUT2D eigenvalue weighted by Crippen LogP contribution is -2.44. The minimum absolute atomic E-state index is 0.142. The van der Waals surface area contributed by atoms with Crippen LogP contribution in [0.2, 0.25) is 0 Å². The van der Waals surface area contributed by atoms with Crippen molar-refractivity contribution in [1.29, 1.82) is 0 Å². The van der Waals surface area contributed by atoms with Crippen molar-refractivity contribution in [3.63, 3.8) is 0 Å². The van der Waals surface area contributed by atoms with Crippen molar-refractivity contribution < 1.29 is 0 Å². The van der Waals surface area contributed by atoms with Gasteiger partial charge in [0, 0.05) is 5.54 Å². The highest BCUT2D eigenvalue weighted by Gasteiger charge is 2.26. The van der Waals surface area contributed by atoms with E-state index in [-0.39, 0.29) is 5.54 Å². The number of hydrogen-bond donors (Lipinski definition) is 2. The number of hydrogen-bond acceptors (Lipinski definition) is 2. The summed E-state index contributed by atoms with van der Waals surface area (Å²) in [7, 11) is 0. The smallest absolute Gasteiger partial charge is 0.0166 e. The molecule has 0 aromatic carbocycles. The number of nitrogens with two attached hydrogens (primary N) is 1. The second-order valence-electron chi connectivity index (χ2n) is 6.41. The maximum absolute atomic E-state index is 6.37. The van der Waals surface area contributed by atoms with E-state index in [1.807, 2.05) is 0 Å². The topological polar surface area (TPSA) is 38.0 Å². The van der Waals surface area contributed by atoms with E-state index in [9.17, 15) is 0 Å². The third-order valence-electron chi connectivity index (χ3n) is 3.30. The van der Waals surface area contributed by atoms with Crippen LogP contribution in [-0.4, -0.2) is 18.6 Å². The van der Waals surface area contributed by atoms with Gasteiger partial charge in [-0.1, -0.05) is 40.0 Å². The molecule has 0 heterocycles. The second-order valence-corrected chi connectivity index (χ2v) is 6.41. The standard InChI is InChI=1S/C13H28N2/c1-12(2,3)11-15-10-9-13(14)7-5-4-6-8-13/h15H,4-11,14H2,1-3H3. The van der Waals surface area contributed by atoms with Gasteiger partial charge in [0.05, 0.1) is 0 Å². The van der Waals surface area contributed by atoms with Gasteiger partial charge in [-0.05, 0) is 37.8 Å². The highest BCUT2D eigenvalue weighted by atomic mass is 14.9. The van der Waals surface area contributed by atoms with Gasteiger partial charge in [-0.3, -0.25) is 0 Å². The van der Waals surface area contributed by atoms with Gasteiger partial charge in [-0.15, -0.1) is 0 Å². The molecule has 0 unspecified atom stereocenters. The maximum atomic E-state index is 6.37. The zero-order chi connectivity index (χ0) is 11.4. The van der Waals surface area contributed by atoms with Crippen LogP contribution < -0.4 is 11.1 Å². The summed E-state index contributed by atoms with van der Waals surface area (Å²) in [6, 6.07) is 0. The molecule has 90 valence electrons. The largest absolute Gasteiger partial charge is 0.325 e. The molecule has 1 aliphatic rings. The summed E-state index contributed by atoms with van der Waals surface area (Å²) in [5.41, 5.74) is 6.89. The van der Waals surface area contributed by atoms with Crippen molar-refractivity contribution in [3.05, 3.63) is 0 Å². The van der Waals surface area contributed by atoms with Crippen LogP contribution in [-0.2, 0) is 0 Å². The highest BCUT2D eigenvalue weighted by Crippen LogP contribution is 2.28. The van der Waals surface area contributed by atoms with Gasteiger partial charge in [0.25, 0.3) is 0 Å². The van der Waals surface area contributed by atoms with Crippen LogP contribution in [0.15, 0.2) is 0 Å². The first kappa shape index (κ1) is 13.0. The normalized spacial score (nSPS) is 21.6. The Morgan fingerprint density at radius 2 is 1.73 bits per heavy atom. The van der Waals surface area contributed by atoms with Crippen LogP contribution >= 0.6 is 0 Å². The first-order valence-corrected chi connectivity index (χ1v) is 6.41. The predicted molar refractivity (Wildman–Crippen MR) is 66.9 cm³/mol. The molecule has 1 fully saturated rings. The van der Waals surface area contributed by atoms with E-state index in [1.54, 1.807) is 0 Å². The molecular weight excluding hydrogens is 184 g/mol. The average Bonchev–Trinajstić information content (AvgIpc) is 2.12. The van der Waals surface area contributed by atoms with Gasteiger partial charge in [0.15, 0.2) is 0 Å². The van der Waals surface area contributed by atoms with Crippen LogP contribution in [0.1, 0.15) is 59.3 Å². The lowest BCUT2D eigenvalue weighted by Gasteiger charge is -2.34. The van der Waals surface area contributed by atoms with Crippen molar-refractivity contribution in [2.45, 2.75) is 64.8 Å². The summed E-state index contributed by atoms with van der Waals surface area (Å²) in [6.07, 6.45) is 7.64. The molecule has 1 saturated carbocycles. The summed E-state index contributed by atoms with van der Waals surface area (Å²) in [4.78, 5) is 0. The fraction of sp³-hybridized carbons (Fsp3) is 1.00. The summed E-state index contributed by atoms with van der Waals surface area (Å²) < 4.78 is 0. The Morgan fingerprint density at radius 3 is 2.27 bits per heavy atom. The fourth-order valence-electron chi connectivity index (χ4n) is 2.31. The Morgan fingerprint density at radius 1 is 1.13 bits per heavy atom. The average molecular weight is 212 g/mol. The third kappa shape index (κ3) is 5.53. The quantitative estimate of drug-likeness (QED) is 0.703. The molecule has 0 spiro atoms. The molecule has 0 aliphatic heterocycles. The SMILES string of the molecule is CC(C)(C)CNCCC1(N)CCCCC1.